The minimum Gasteiger partial charge on any atom is -0.480 e. The van der Waals surface area contributed by atoms with Crippen molar-refractivity contribution >= 4 is 27.7 Å². The first-order chi connectivity index (χ1) is 19.3. The Morgan fingerprint density at radius 1 is 0.976 bits per heavy atom. The molecule has 0 fully saturated rings. The van der Waals surface area contributed by atoms with Crippen LogP contribution in [0.15, 0.2) is 71.9 Å². The number of pyridine rings is 2. The molecule has 1 atom stereocenters. The van der Waals surface area contributed by atoms with E-state index in [0.717, 1.165) is 36.1 Å². The smallest absolute Gasteiger partial charge is 0.416 e. The van der Waals surface area contributed by atoms with Crippen LogP contribution in [0, 0.1) is 0 Å². The highest BCUT2D eigenvalue weighted by Crippen LogP contribution is 2.34. The Morgan fingerprint density at radius 2 is 1.66 bits per heavy atom. The Morgan fingerprint density at radius 3 is 2.24 bits per heavy atom. The van der Waals surface area contributed by atoms with Crippen LogP contribution in [0.1, 0.15) is 63.8 Å². The van der Waals surface area contributed by atoms with E-state index in [2.05, 4.69) is 16.9 Å². The maximum absolute atomic E-state index is 14.1. The molecule has 41 heavy (non-hydrogen) atoms. The van der Waals surface area contributed by atoms with E-state index in [4.69, 9.17) is 10.5 Å². The predicted molar refractivity (Wildman–Crippen MR) is 156 cm³/mol. The van der Waals surface area contributed by atoms with Crippen molar-refractivity contribution in [3.05, 3.63) is 83.7 Å². The Hall–Kier alpha value is -3.83. The minimum absolute atomic E-state index is 0.0772. The molecule has 1 aromatic carbocycles. The lowest BCUT2D eigenvalue weighted by Gasteiger charge is -2.30. The summed E-state index contributed by atoms with van der Waals surface area (Å²) < 4.78 is 33.5. The first kappa shape index (κ1) is 31.7. The quantitative estimate of drug-likeness (QED) is 0.285. The average Bonchev–Trinajstić information content (AvgIpc) is 2.92. The zero-order valence-electron chi connectivity index (χ0n) is 23.9. The number of hydrogen-bond acceptors (Lipinski definition) is 8. The molecule has 0 aliphatic carbocycles. The molecule has 0 saturated heterocycles. The predicted octanol–water partition coefficient (Wildman–Crippen LogP) is 4.86. The number of carboxylic acid groups (broad SMARTS) is 1. The van der Waals surface area contributed by atoms with Crippen LogP contribution in [-0.4, -0.2) is 47.7 Å². The van der Waals surface area contributed by atoms with E-state index in [0.29, 0.717) is 5.56 Å². The van der Waals surface area contributed by atoms with Gasteiger partial charge in [-0.2, -0.15) is 0 Å². The molecule has 0 saturated carbocycles. The molecule has 0 spiro atoms. The third kappa shape index (κ3) is 8.11. The van der Waals surface area contributed by atoms with E-state index < -0.39 is 38.9 Å². The summed E-state index contributed by atoms with van der Waals surface area (Å²) >= 11 is 0. The van der Waals surface area contributed by atoms with E-state index in [1.807, 2.05) is 24.3 Å². The summed E-state index contributed by atoms with van der Waals surface area (Å²) in [6.07, 6.45) is 4.48. The molecule has 0 bridgehead atoms. The topological polar surface area (TPSA) is 153 Å². The van der Waals surface area contributed by atoms with Gasteiger partial charge in [0.25, 0.3) is 0 Å². The number of anilines is 1. The van der Waals surface area contributed by atoms with Crippen molar-refractivity contribution in [1.29, 1.82) is 0 Å². The maximum Gasteiger partial charge on any atom is 0.416 e. The van der Waals surface area contributed by atoms with Gasteiger partial charge in [-0.3, -0.25) is 9.69 Å². The minimum atomic E-state index is -4.34. The van der Waals surface area contributed by atoms with Crippen molar-refractivity contribution in [3.8, 4) is 0 Å². The summed E-state index contributed by atoms with van der Waals surface area (Å²) in [5.41, 5.74) is 7.62. The lowest BCUT2D eigenvalue weighted by atomic mass is 9.99. The molecule has 3 rings (SSSR count). The molecule has 3 N–H and O–H groups in total. The van der Waals surface area contributed by atoms with E-state index >= 15 is 0 Å². The van der Waals surface area contributed by atoms with Crippen LogP contribution in [0.3, 0.4) is 0 Å². The number of carboxylic acids is 1. The summed E-state index contributed by atoms with van der Waals surface area (Å²) in [5, 5.41) is 9.24. The SMILES string of the molecule is CCCCCc1ccc(CC(N)(c2cccc(N(CC(=O)O)C(=O)OC(C)(C)C)n2)S(=O)(=O)c2ccccn2)cc1. The van der Waals surface area contributed by atoms with Crippen LogP contribution in [0.5, 0.6) is 0 Å². The van der Waals surface area contributed by atoms with Gasteiger partial charge in [0, 0.05) is 12.6 Å². The van der Waals surface area contributed by atoms with Crippen molar-refractivity contribution in [3.63, 3.8) is 0 Å². The highest BCUT2D eigenvalue weighted by molar-refractivity contribution is 7.92. The molecule has 0 aliphatic rings. The third-order valence-corrected chi connectivity index (χ3v) is 8.41. The Bertz CT molecular complexity index is 1440. The largest absolute Gasteiger partial charge is 0.480 e. The van der Waals surface area contributed by atoms with Crippen molar-refractivity contribution in [2.45, 2.75) is 75.3 Å². The molecule has 220 valence electrons. The highest BCUT2D eigenvalue weighted by atomic mass is 32.2. The summed E-state index contributed by atoms with van der Waals surface area (Å²) in [4.78, 5) is 31.8. The van der Waals surface area contributed by atoms with E-state index in [1.165, 1.54) is 30.5 Å². The highest BCUT2D eigenvalue weighted by Gasteiger charge is 2.45. The molecule has 10 nitrogen and oxygen atoms in total. The second kappa shape index (κ2) is 13.2. The zero-order valence-corrected chi connectivity index (χ0v) is 24.7. The molecule has 11 heteroatoms. The van der Waals surface area contributed by atoms with E-state index in [1.54, 1.807) is 32.9 Å². The van der Waals surface area contributed by atoms with Gasteiger partial charge in [-0.15, -0.1) is 0 Å². The Balaban J connectivity index is 2.10. The number of nitrogens with two attached hydrogens (primary N) is 1. The van der Waals surface area contributed by atoms with Crippen molar-refractivity contribution in [2.24, 2.45) is 5.73 Å². The number of hydrogen-bond donors (Lipinski definition) is 2. The van der Waals surface area contributed by atoms with Gasteiger partial charge in [-0.1, -0.05) is 56.2 Å². The molecular weight excluding hydrogens is 544 g/mol. The number of aliphatic carboxylic acids is 1. The fourth-order valence-corrected chi connectivity index (χ4v) is 5.80. The van der Waals surface area contributed by atoms with Gasteiger partial charge in [0.15, 0.2) is 9.90 Å². The normalized spacial score (nSPS) is 13.3. The average molecular weight is 583 g/mol. The van der Waals surface area contributed by atoms with Gasteiger partial charge in [-0.25, -0.2) is 23.2 Å². The molecular formula is C30H38N4O6S. The number of benzene rings is 1. The summed E-state index contributed by atoms with van der Waals surface area (Å²) in [6.45, 7) is 6.33. The first-order valence-corrected chi connectivity index (χ1v) is 15.0. The number of amides is 1. The standard InChI is InChI=1S/C30H38N4O6S/c1-5-6-7-11-22-15-17-23(18-16-22)20-30(31,41(38,39)26-14-8-9-19-32-26)24-12-10-13-25(33-24)34(21-27(35)36)28(37)40-29(2,3)4/h8-10,12-19H,5-7,11,20-21,31H2,1-4H3,(H,35,36). The number of aromatic nitrogens is 2. The van der Waals surface area contributed by atoms with E-state index in [9.17, 15) is 23.1 Å². The molecule has 1 amide bonds. The Kier molecular flexibility index (Phi) is 10.2. The number of nitrogens with zero attached hydrogens (tertiary/aromatic N) is 3. The van der Waals surface area contributed by atoms with Gasteiger partial charge in [-0.05, 0) is 69.0 Å². The number of carbonyl (C=O) groups is 2. The van der Waals surface area contributed by atoms with Gasteiger partial charge in [0.2, 0.25) is 9.84 Å². The Labute approximate surface area is 241 Å². The molecule has 1 unspecified atom stereocenters. The molecule has 3 aromatic rings. The maximum atomic E-state index is 14.1. The van der Waals surface area contributed by atoms with Crippen molar-refractivity contribution in [1.82, 2.24) is 9.97 Å². The molecule has 2 heterocycles. The number of ether oxygens (including phenoxy) is 1. The summed E-state index contributed by atoms with van der Waals surface area (Å²) in [6, 6.07) is 16.4. The summed E-state index contributed by atoms with van der Waals surface area (Å²) in [5.74, 6) is -1.42. The van der Waals surface area contributed by atoms with Crippen LogP contribution in [-0.2, 0) is 37.1 Å². The second-order valence-corrected chi connectivity index (χ2v) is 13.0. The lowest BCUT2D eigenvalue weighted by Crippen LogP contribution is -2.48. The monoisotopic (exact) mass is 582 g/mol. The van der Waals surface area contributed by atoms with Gasteiger partial charge >= 0.3 is 12.1 Å². The number of aryl methyl sites for hydroxylation is 1. The van der Waals surface area contributed by atoms with Crippen LogP contribution < -0.4 is 10.6 Å². The van der Waals surface area contributed by atoms with Gasteiger partial charge in [0.1, 0.15) is 18.0 Å². The van der Waals surface area contributed by atoms with Crippen LogP contribution in [0.4, 0.5) is 10.6 Å². The van der Waals surface area contributed by atoms with Crippen LogP contribution >= 0.6 is 0 Å². The molecule has 0 aliphatic heterocycles. The number of rotatable bonds is 12. The van der Waals surface area contributed by atoms with Crippen LogP contribution in [0.25, 0.3) is 0 Å². The fourth-order valence-electron chi connectivity index (χ4n) is 4.22. The van der Waals surface area contributed by atoms with Gasteiger partial charge in [0.05, 0.1) is 5.69 Å². The summed E-state index contributed by atoms with van der Waals surface area (Å²) in [7, 11) is -4.34. The van der Waals surface area contributed by atoms with Crippen LogP contribution in [0.2, 0.25) is 0 Å². The van der Waals surface area contributed by atoms with Gasteiger partial charge < -0.3 is 15.6 Å². The lowest BCUT2D eigenvalue weighted by molar-refractivity contribution is -0.135. The number of unbranched alkanes of at least 4 members (excludes halogenated alkanes) is 2. The number of sulfone groups is 1. The zero-order chi connectivity index (χ0) is 30.3. The van der Waals surface area contributed by atoms with Crippen molar-refractivity contribution < 1.29 is 27.9 Å². The molecule has 2 aromatic heterocycles. The van der Waals surface area contributed by atoms with Crippen molar-refractivity contribution in [2.75, 3.05) is 11.4 Å². The fraction of sp³-hybridized carbons (Fsp3) is 0.400. The first-order valence-electron chi connectivity index (χ1n) is 13.5. The third-order valence-electron chi connectivity index (χ3n) is 6.30. The molecule has 0 radical (unpaired) electrons. The van der Waals surface area contributed by atoms with E-state index in [-0.39, 0.29) is 23.0 Å². The second-order valence-electron chi connectivity index (χ2n) is 10.9. The number of carbonyl (C=O) groups excluding carboxylic acids is 1.